The van der Waals surface area contributed by atoms with Crippen LogP contribution in [-0.4, -0.2) is 16.3 Å². The molecule has 1 aliphatic heterocycles. The maximum absolute atomic E-state index is 13.3. The number of fused-ring (bicyclic) bond motifs is 1. The Balaban J connectivity index is 1.96. The van der Waals surface area contributed by atoms with Crippen LogP contribution in [0.2, 0.25) is 10.0 Å². The standard InChI is InChI=1S/C21H15Cl2F6N3/c22-15-6-4-11(20(24,25)26)9-14(15)18-13-3-1-2-8-30-19(13)32(31-18)17-10-12(21(27,28)29)5-7-16(17)23/h4-7,9-10,30H,1-3,8H2. The Labute approximate surface area is 188 Å². The van der Waals surface area contributed by atoms with Crippen molar-refractivity contribution in [2.45, 2.75) is 31.6 Å². The molecule has 1 aromatic heterocycles. The van der Waals surface area contributed by atoms with E-state index in [1.807, 2.05) is 0 Å². The Morgan fingerprint density at radius 2 is 1.47 bits per heavy atom. The van der Waals surface area contributed by atoms with Gasteiger partial charge in [0.05, 0.1) is 32.6 Å². The number of hydrogen-bond acceptors (Lipinski definition) is 2. The van der Waals surface area contributed by atoms with E-state index in [1.165, 1.54) is 4.68 Å². The van der Waals surface area contributed by atoms with Gasteiger partial charge in [0.15, 0.2) is 0 Å². The van der Waals surface area contributed by atoms with Crippen LogP contribution in [0.15, 0.2) is 36.4 Å². The van der Waals surface area contributed by atoms with Gasteiger partial charge in [0, 0.05) is 17.7 Å². The van der Waals surface area contributed by atoms with Gasteiger partial charge in [-0.3, -0.25) is 0 Å². The molecule has 0 atom stereocenters. The summed E-state index contributed by atoms with van der Waals surface area (Å²) in [6.45, 7) is 0.519. The first kappa shape index (κ1) is 22.8. The minimum atomic E-state index is -4.61. The van der Waals surface area contributed by atoms with E-state index < -0.39 is 23.5 Å². The van der Waals surface area contributed by atoms with Crippen molar-refractivity contribution in [3.8, 4) is 16.9 Å². The summed E-state index contributed by atoms with van der Waals surface area (Å²) in [6.07, 6.45) is -7.27. The molecule has 170 valence electrons. The van der Waals surface area contributed by atoms with E-state index in [9.17, 15) is 26.3 Å². The smallest absolute Gasteiger partial charge is 0.370 e. The number of anilines is 1. The number of nitrogens with one attached hydrogen (secondary N) is 1. The normalized spacial score (nSPS) is 14.6. The highest BCUT2D eigenvalue weighted by molar-refractivity contribution is 6.33. The Morgan fingerprint density at radius 1 is 0.844 bits per heavy atom. The molecule has 0 radical (unpaired) electrons. The van der Waals surface area contributed by atoms with E-state index in [0.717, 1.165) is 42.8 Å². The molecule has 11 heteroatoms. The quantitative estimate of drug-likeness (QED) is 0.372. The van der Waals surface area contributed by atoms with E-state index in [0.29, 0.717) is 30.8 Å². The second-order valence-corrected chi connectivity index (χ2v) is 8.14. The molecule has 3 aromatic rings. The number of hydrogen-bond donors (Lipinski definition) is 1. The molecule has 0 saturated carbocycles. The molecule has 2 aromatic carbocycles. The Morgan fingerprint density at radius 3 is 2.12 bits per heavy atom. The summed E-state index contributed by atoms with van der Waals surface area (Å²) in [6, 6.07) is 5.72. The topological polar surface area (TPSA) is 29.9 Å². The highest BCUT2D eigenvalue weighted by atomic mass is 35.5. The van der Waals surface area contributed by atoms with Crippen LogP contribution in [0.25, 0.3) is 16.9 Å². The molecule has 3 nitrogen and oxygen atoms in total. The average molecular weight is 494 g/mol. The molecule has 0 amide bonds. The highest BCUT2D eigenvalue weighted by Crippen LogP contribution is 2.41. The van der Waals surface area contributed by atoms with E-state index >= 15 is 0 Å². The van der Waals surface area contributed by atoms with Gasteiger partial charge in [0.2, 0.25) is 0 Å². The van der Waals surface area contributed by atoms with Crippen LogP contribution in [0.5, 0.6) is 0 Å². The van der Waals surface area contributed by atoms with Gasteiger partial charge in [-0.05, 0) is 55.7 Å². The summed E-state index contributed by atoms with van der Waals surface area (Å²) in [7, 11) is 0. The van der Waals surface area contributed by atoms with Gasteiger partial charge in [0.1, 0.15) is 5.82 Å². The lowest BCUT2D eigenvalue weighted by molar-refractivity contribution is -0.138. The largest absolute Gasteiger partial charge is 0.416 e. The maximum Gasteiger partial charge on any atom is 0.416 e. The second kappa shape index (κ2) is 8.19. The van der Waals surface area contributed by atoms with E-state index in [2.05, 4.69) is 10.4 Å². The molecule has 4 rings (SSSR count). The van der Waals surface area contributed by atoms with Crippen LogP contribution in [0.3, 0.4) is 0 Å². The SMILES string of the molecule is FC(F)(F)c1ccc(Cl)c(-c2nn(-c3cc(C(F)(F)F)ccc3Cl)c3c2CCCCN3)c1. The molecule has 1 aliphatic rings. The summed E-state index contributed by atoms with van der Waals surface area (Å²) in [5.41, 5.74) is -1.09. The fourth-order valence-electron chi connectivity index (χ4n) is 3.63. The number of benzene rings is 2. The van der Waals surface area contributed by atoms with Gasteiger partial charge in [-0.1, -0.05) is 23.2 Å². The third-order valence-electron chi connectivity index (χ3n) is 5.18. The zero-order chi connectivity index (χ0) is 23.3. The van der Waals surface area contributed by atoms with Gasteiger partial charge in [-0.25, -0.2) is 4.68 Å². The number of aromatic nitrogens is 2. The molecular weight excluding hydrogens is 479 g/mol. The van der Waals surface area contributed by atoms with Crippen molar-refractivity contribution in [3.63, 3.8) is 0 Å². The molecule has 0 bridgehead atoms. The molecule has 0 saturated heterocycles. The van der Waals surface area contributed by atoms with E-state index in [1.54, 1.807) is 0 Å². The minimum absolute atomic E-state index is 0.0102. The molecule has 0 unspecified atom stereocenters. The van der Waals surface area contributed by atoms with E-state index in [-0.39, 0.29) is 27.0 Å². The van der Waals surface area contributed by atoms with Gasteiger partial charge in [0.25, 0.3) is 0 Å². The van der Waals surface area contributed by atoms with Crippen molar-refractivity contribution >= 4 is 29.0 Å². The maximum atomic E-state index is 13.3. The molecule has 2 heterocycles. The summed E-state index contributed by atoms with van der Waals surface area (Å²) < 4.78 is 81.0. The summed E-state index contributed by atoms with van der Waals surface area (Å²) in [4.78, 5) is 0. The number of halogens is 8. The Kier molecular flexibility index (Phi) is 5.83. The summed E-state index contributed by atoms with van der Waals surface area (Å²) in [5, 5.41) is 7.58. The first-order valence-electron chi connectivity index (χ1n) is 9.57. The van der Waals surface area contributed by atoms with Gasteiger partial charge in [-0.15, -0.1) is 0 Å². The third-order valence-corrected chi connectivity index (χ3v) is 5.83. The minimum Gasteiger partial charge on any atom is -0.370 e. The molecule has 0 fully saturated rings. The van der Waals surface area contributed by atoms with Crippen LogP contribution in [0.1, 0.15) is 29.5 Å². The fraction of sp³-hybridized carbons (Fsp3) is 0.286. The van der Waals surface area contributed by atoms with Crippen LogP contribution in [0, 0.1) is 0 Å². The summed E-state index contributed by atoms with van der Waals surface area (Å²) >= 11 is 12.4. The second-order valence-electron chi connectivity index (χ2n) is 7.33. The number of alkyl halides is 6. The van der Waals surface area contributed by atoms with Gasteiger partial charge in [-0.2, -0.15) is 31.4 Å². The zero-order valence-electron chi connectivity index (χ0n) is 16.2. The van der Waals surface area contributed by atoms with Crippen LogP contribution in [-0.2, 0) is 18.8 Å². The Bertz CT molecular complexity index is 1080. The van der Waals surface area contributed by atoms with Crippen LogP contribution < -0.4 is 5.32 Å². The van der Waals surface area contributed by atoms with Crippen molar-refractivity contribution in [3.05, 3.63) is 63.1 Å². The molecule has 1 N–H and O–H groups in total. The van der Waals surface area contributed by atoms with Gasteiger partial charge < -0.3 is 5.32 Å². The first-order chi connectivity index (χ1) is 15.0. The van der Waals surface area contributed by atoms with Crippen molar-refractivity contribution in [1.82, 2.24) is 9.78 Å². The monoisotopic (exact) mass is 493 g/mol. The molecule has 32 heavy (non-hydrogen) atoms. The van der Waals surface area contributed by atoms with Crippen molar-refractivity contribution in [2.75, 3.05) is 11.9 Å². The van der Waals surface area contributed by atoms with E-state index in [4.69, 9.17) is 23.2 Å². The Hall–Kier alpha value is -2.39. The zero-order valence-corrected chi connectivity index (χ0v) is 17.7. The lowest BCUT2D eigenvalue weighted by Crippen LogP contribution is -2.10. The number of rotatable bonds is 2. The molecule has 0 spiro atoms. The van der Waals surface area contributed by atoms with Crippen LogP contribution >= 0.6 is 23.2 Å². The fourth-order valence-corrected chi connectivity index (χ4v) is 4.03. The van der Waals surface area contributed by atoms with Gasteiger partial charge >= 0.3 is 12.4 Å². The predicted molar refractivity (Wildman–Crippen MR) is 110 cm³/mol. The lowest BCUT2D eigenvalue weighted by Gasteiger charge is -2.13. The summed E-state index contributed by atoms with van der Waals surface area (Å²) in [5.74, 6) is 0.382. The number of nitrogens with zero attached hydrogens (tertiary/aromatic N) is 2. The molecule has 0 aliphatic carbocycles. The average Bonchev–Trinajstić information content (AvgIpc) is 2.88. The lowest BCUT2D eigenvalue weighted by atomic mass is 10.0. The van der Waals surface area contributed by atoms with Crippen molar-refractivity contribution in [2.24, 2.45) is 0 Å². The van der Waals surface area contributed by atoms with Crippen molar-refractivity contribution < 1.29 is 26.3 Å². The van der Waals surface area contributed by atoms with Crippen LogP contribution in [0.4, 0.5) is 32.2 Å². The third kappa shape index (κ3) is 4.28. The highest BCUT2D eigenvalue weighted by Gasteiger charge is 2.34. The predicted octanol–water partition coefficient (Wildman–Crippen LogP) is 7.63. The first-order valence-corrected chi connectivity index (χ1v) is 10.3. The van der Waals surface area contributed by atoms with Crippen molar-refractivity contribution in [1.29, 1.82) is 0 Å². The molecular formula is C21H15Cl2F6N3.